The Morgan fingerprint density at radius 3 is 1.26 bits per heavy atom. The molecular formula is C14H32N4O5. The maximum atomic E-state index is 9.92. The third-order valence-corrected chi connectivity index (χ3v) is 2.35. The van der Waals surface area contributed by atoms with Crippen LogP contribution in [0.25, 0.3) is 0 Å². The molecule has 0 aliphatic rings. The largest absolute Gasteiger partial charge is 0.378 e. The molecule has 6 N–H and O–H groups in total. The quantitative estimate of drug-likeness (QED) is 0.259. The van der Waals surface area contributed by atoms with Gasteiger partial charge in [-0.2, -0.15) is 0 Å². The van der Waals surface area contributed by atoms with Gasteiger partial charge in [-0.05, 0) is 14.1 Å². The fourth-order valence-electron chi connectivity index (χ4n) is 1.14. The number of carbonyl (C=O) groups is 2. The zero-order chi connectivity index (χ0) is 17.8. The van der Waals surface area contributed by atoms with Crippen molar-refractivity contribution in [1.82, 2.24) is 10.6 Å². The van der Waals surface area contributed by atoms with E-state index in [9.17, 15) is 9.59 Å². The molecule has 0 aliphatic carbocycles. The van der Waals surface area contributed by atoms with Crippen molar-refractivity contribution in [2.24, 2.45) is 11.5 Å². The maximum absolute atomic E-state index is 9.92. The highest BCUT2D eigenvalue weighted by molar-refractivity contribution is 5.81. The molecule has 0 aliphatic heterocycles. The van der Waals surface area contributed by atoms with Crippen LogP contribution in [-0.4, -0.2) is 78.6 Å². The summed E-state index contributed by atoms with van der Waals surface area (Å²) in [6.07, 6.45) is 0.102. The van der Waals surface area contributed by atoms with Crippen LogP contribution >= 0.6 is 0 Å². The molecule has 0 saturated carbocycles. The van der Waals surface area contributed by atoms with Gasteiger partial charge in [-0.3, -0.25) is 9.59 Å². The first-order valence-electron chi connectivity index (χ1n) is 7.63. The molecule has 0 spiro atoms. The summed E-state index contributed by atoms with van der Waals surface area (Å²) >= 11 is 0. The van der Waals surface area contributed by atoms with E-state index in [-0.39, 0.29) is 12.8 Å². The molecule has 0 unspecified atom stereocenters. The minimum Gasteiger partial charge on any atom is -0.378 e. The van der Waals surface area contributed by atoms with Gasteiger partial charge in [-0.15, -0.1) is 0 Å². The van der Waals surface area contributed by atoms with Crippen LogP contribution in [0.3, 0.4) is 0 Å². The van der Waals surface area contributed by atoms with E-state index in [0.717, 1.165) is 26.3 Å². The van der Waals surface area contributed by atoms with Gasteiger partial charge in [-0.1, -0.05) is 0 Å². The van der Waals surface area contributed by atoms with Gasteiger partial charge in [0.2, 0.25) is 11.8 Å². The standard InChI is InChI=1S/C10H24N2O3.C4H8N2O2/c1-11-3-5-13-7-9-15-10-8-14-6-4-12-2;5-3(7)1-2-4(6)8/h11-12H,3-10H2,1-2H3;1-2H2,(H2,5,7)(H2,6,8). The highest BCUT2D eigenvalue weighted by atomic mass is 16.5. The number of nitrogens with two attached hydrogens (primary N) is 2. The molecule has 2 amide bonds. The molecule has 0 atom stereocenters. The first-order chi connectivity index (χ1) is 11.0. The van der Waals surface area contributed by atoms with Gasteiger partial charge in [0.15, 0.2) is 0 Å². The van der Waals surface area contributed by atoms with E-state index in [1.54, 1.807) is 0 Å². The first kappa shape index (κ1) is 24.0. The topological polar surface area (TPSA) is 138 Å². The molecule has 9 nitrogen and oxygen atoms in total. The van der Waals surface area contributed by atoms with Crippen molar-refractivity contribution in [3.63, 3.8) is 0 Å². The number of hydrogen-bond acceptors (Lipinski definition) is 7. The molecule has 0 heterocycles. The van der Waals surface area contributed by atoms with E-state index in [2.05, 4.69) is 10.6 Å². The van der Waals surface area contributed by atoms with Crippen molar-refractivity contribution in [3.05, 3.63) is 0 Å². The van der Waals surface area contributed by atoms with Crippen molar-refractivity contribution in [3.8, 4) is 0 Å². The Bertz CT molecular complexity index is 254. The fraction of sp³-hybridized carbons (Fsp3) is 0.857. The monoisotopic (exact) mass is 336 g/mol. The van der Waals surface area contributed by atoms with Gasteiger partial charge in [0.25, 0.3) is 0 Å². The van der Waals surface area contributed by atoms with E-state index in [0.29, 0.717) is 26.4 Å². The number of primary amides is 2. The Hall–Kier alpha value is -1.26. The Kier molecular flexibility index (Phi) is 21.6. The van der Waals surface area contributed by atoms with Gasteiger partial charge in [0.1, 0.15) is 0 Å². The van der Waals surface area contributed by atoms with E-state index in [4.69, 9.17) is 25.7 Å². The van der Waals surface area contributed by atoms with Crippen molar-refractivity contribution in [1.29, 1.82) is 0 Å². The van der Waals surface area contributed by atoms with Gasteiger partial charge < -0.3 is 36.3 Å². The van der Waals surface area contributed by atoms with Crippen LogP contribution in [-0.2, 0) is 23.8 Å². The molecule has 9 heteroatoms. The summed E-state index contributed by atoms with van der Waals surface area (Å²) in [6.45, 7) is 5.81. The second-order valence-electron chi connectivity index (χ2n) is 4.48. The smallest absolute Gasteiger partial charge is 0.217 e. The van der Waals surface area contributed by atoms with Crippen molar-refractivity contribution < 1.29 is 23.8 Å². The summed E-state index contributed by atoms with van der Waals surface area (Å²) in [7, 11) is 3.81. The Morgan fingerprint density at radius 2 is 1.00 bits per heavy atom. The van der Waals surface area contributed by atoms with Gasteiger partial charge in [0.05, 0.1) is 39.6 Å². The van der Waals surface area contributed by atoms with Crippen LogP contribution < -0.4 is 22.1 Å². The van der Waals surface area contributed by atoms with Crippen molar-refractivity contribution >= 4 is 11.8 Å². The van der Waals surface area contributed by atoms with E-state index in [1.165, 1.54) is 0 Å². The molecule has 0 aromatic rings. The van der Waals surface area contributed by atoms with E-state index < -0.39 is 11.8 Å². The minimum atomic E-state index is -0.496. The number of carbonyl (C=O) groups excluding carboxylic acids is 2. The van der Waals surface area contributed by atoms with E-state index in [1.807, 2.05) is 14.1 Å². The summed E-state index contributed by atoms with van der Waals surface area (Å²) in [5.74, 6) is -0.993. The van der Waals surface area contributed by atoms with Crippen LogP contribution in [0, 0.1) is 0 Å². The second-order valence-corrected chi connectivity index (χ2v) is 4.48. The van der Waals surface area contributed by atoms with Crippen LogP contribution in [0.4, 0.5) is 0 Å². The fourth-order valence-corrected chi connectivity index (χ4v) is 1.14. The number of nitrogens with one attached hydrogen (secondary N) is 2. The third-order valence-electron chi connectivity index (χ3n) is 2.35. The molecule has 0 fully saturated rings. The van der Waals surface area contributed by atoms with Crippen LogP contribution in [0.1, 0.15) is 12.8 Å². The molecule has 138 valence electrons. The SMILES string of the molecule is CNCCOCCOCCOCCNC.NC(=O)CCC(N)=O. The molecule has 0 bridgehead atoms. The van der Waals surface area contributed by atoms with E-state index >= 15 is 0 Å². The molecule has 0 aromatic carbocycles. The van der Waals surface area contributed by atoms with Crippen molar-refractivity contribution in [2.75, 3.05) is 66.8 Å². The highest BCUT2D eigenvalue weighted by Gasteiger charge is 1.96. The summed E-state index contributed by atoms with van der Waals surface area (Å²) < 4.78 is 15.9. The Labute approximate surface area is 138 Å². The lowest BCUT2D eigenvalue weighted by atomic mass is 10.3. The van der Waals surface area contributed by atoms with Crippen molar-refractivity contribution in [2.45, 2.75) is 12.8 Å². The van der Waals surface area contributed by atoms with Gasteiger partial charge >= 0.3 is 0 Å². The number of ether oxygens (including phenoxy) is 3. The number of rotatable bonds is 15. The summed E-state index contributed by atoms with van der Waals surface area (Å²) in [4.78, 5) is 19.8. The lowest BCUT2D eigenvalue weighted by Gasteiger charge is -2.06. The Balaban J connectivity index is 0. The molecule has 0 radical (unpaired) electrons. The highest BCUT2D eigenvalue weighted by Crippen LogP contribution is 1.82. The first-order valence-corrected chi connectivity index (χ1v) is 7.63. The Morgan fingerprint density at radius 1 is 0.696 bits per heavy atom. The summed E-state index contributed by atoms with van der Waals surface area (Å²) in [5.41, 5.74) is 9.39. The van der Waals surface area contributed by atoms with Gasteiger partial charge in [-0.25, -0.2) is 0 Å². The van der Waals surface area contributed by atoms with Crippen LogP contribution in [0.5, 0.6) is 0 Å². The predicted molar refractivity (Wildman–Crippen MR) is 87.9 cm³/mol. The summed E-state index contributed by atoms with van der Waals surface area (Å²) in [6, 6.07) is 0. The number of hydrogen-bond donors (Lipinski definition) is 4. The third kappa shape index (κ3) is 29.4. The van der Waals surface area contributed by atoms with Gasteiger partial charge in [0, 0.05) is 25.9 Å². The zero-order valence-electron chi connectivity index (χ0n) is 14.3. The average molecular weight is 336 g/mol. The maximum Gasteiger partial charge on any atom is 0.217 e. The molecule has 0 aromatic heterocycles. The zero-order valence-corrected chi connectivity index (χ0v) is 14.3. The second kappa shape index (κ2) is 20.7. The van der Waals surface area contributed by atoms with Crippen LogP contribution in [0.15, 0.2) is 0 Å². The lowest BCUT2D eigenvalue weighted by molar-refractivity contribution is -0.123. The normalized spacial score (nSPS) is 10.0. The molecule has 0 rings (SSSR count). The van der Waals surface area contributed by atoms with Crippen LogP contribution in [0.2, 0.25) is 0 Å². The number of amides is 2. The minimum absolute atomic E-state index is 0.0509. The summed E-state index contributed by atoms with van der Waals surface area (Å²) in [5, 5.41) is 6.01. The average Bonchev–Trinajstić information content (AvgIpc) is 2.51. The molecule has 23 heavy (non-hydrogen) atoms. The predicted octanol–water partition coefficient (Wildman–Crippen LogP) is -1.79. The molecule has 0 saturated heterocycles. The molecular weight excluding hydrogens is 304 g/mol. The lowest BCUT2D eigenvalue weighted by Crippen LogP contribution is -2.18. The number of likely N-dealkylation sites (N-methyl/N-ethyl adjacent to an activating group) is 2.